The van der Waals surface area contributed by atoms with Crippen molar-refractivity contribution in [2.45, 2.75) is 61.9 Å². The number of ether oxygens (including phenoxy) is 2. The molecule has 5 heterocycles. The summed E-state index contributed by atoms with van der Waals surface area (Å²) in [6, 6.07) is -1.89. The molecule has 7 atom stereocenters. The molecule has 1 aromatic rings. The normalized spacial score (nSPS) is 34.2. The molecule has 0 aliphatic carbocycles. The number of imidazole rings is 1. The monoisotopic (exact) mass is 549 g/mol. The molecule has 0 aromatic carbocycles. The number of aliphatic hydroxyl groups excluding tert-OH is 2. The van der Waals surface area contributed by atoms with Gasteiger partial charge in [0.05, 0.1) is 31.4 Å². The quantitative estimate of drug-likeness (QED) is 0.249. The van der Waals surface area contributed by atoms with E-state index in [-0.39, 0.29) is 63.0 Å². The molecule has 6 bridgehead atoms. The van der Waals surface area contributed by atoms with Gasteiger partial charge in [0.25, 0.3) is 0 Å². The molecule has 4 saturated heterocycles. The van der Waals surface area contributed by atoms with E-state index in [2.05, 4.69) is 20.6 Å². The van der Waals surface area contributed by atoms with Gasteiger partial charge in [-0.15, -0.1) is 0 Å². The van der Waals surface area contributed by atoms with Gasteiger partial charge in [-0.05, 0) is 6.42 Å². The molecule has 15 nitrogen and oxygen atoms in total. The molecular weight excluding hydrogens is 514 g/mol. The maximum atomic E-state index is 13.8. The van der Waals surface area contributed by atoms with Gasteiger partial charge in [0, 0.05) is 57.8 Å². The average molecular weight is 550 g/mol. The molecule has 0 unspecified atom stereocenters. The number of carbonyl (C=O) groups is 4. The number of H-pyrrole nitrogens is 1. The van der Waals surface area contributed by atoms with Crippen molar-refractivity contribution in [3.05, 3.63) is 18.2 Å². The molecule has 214 valence electrons. The van der Waals surface area contributed by atoms with Crippen LogP contribution in [0.5, 0.6) is 0 Å². The lowest BCUT2D eigenvalue weighted by Gasteiger charge is -2.42. The van der Waals surface area contributed by atoms with Gasteiger partial charge in [-0.25, -0.2) is 4.98 Å². The smallest absolute Gasteiger partial charge is 0.249 e. The van der Waals surface area contributed by atoms with Gasteiger partial charge in [-0.3, -0.25) is 24.1 Å². The SMILES string of the molecule is COCC(=O)N1CCN2C[C@H]1C(=O)NC[C@H]1O[C@@H](CC(=O)N[C@H]3C[C@@H](C2=O)N(Cc2cnc[nH]2)C3)[C@H](O)[C@@H]1O. The number of rotatable bonds is 4. The topological polar surface area (TPSA) is 190 Å². The van der Waals surface area contributed by atoms with Gasteiger partial charge in [-0.2, -0.15) is 0 Å². The first-order valence-corrected chi connectivity index (χ1v) is 13.1. The van der Waals surface area contributed by atoms with Gasteiger partial charge in [0.15, 0.2) is 0 Å². The molecule has 4 fully saturated rings. The number of piperazine rings is 1. The molecule has 0 radical (unpaired) electrons. The minimum atomic E-state index is -1.31. The standard InChI is InChI=1S/C24H35N7O8/c1-38-11-20(33)31-3-2-29-10-16(31)23(36)26-7-18-22(35)21(34)17(39-18)5-19(32)28-13-4-15(24(29)37)30(8-13)9-14-6-25-12-27-14/h6,12-13,15-18,21-22,34-35H,2-5,7-11H2,1H3,(H,25,27)(H,26,36)(H,28,32)/t13-,15-,16-,17-,18+,21-,22+/m0/s1. The Morgan fingerprint density at radius 3 is 2.69 bits per heavy atom. The molecule has 39 heavy (non-hydrogen) atoms. The Hall–Kier alpha value is -3.11. The van der Waals surface area contributed by atoms with Crippen LogP contribution in [-0.4, -0.2) is 147 Å². The molecule has 0 saturated carbocycles. The van der Waals surface area contributed by atoms with Crippen LogP contribution in [-0.2, 0) is 35.2 Å². The van der Waals surface area contributed by atoms with Crippen LogP contribution in [0.1, 0.15) is 18.5 Å². The summed E-state index contributed by atoms with van der Waals surface area (Å²) < 4.78 is 10.7. The highest BCUT2D eigenvalue weighted by molar-refractivity contribution is 5.90. The number of nitrogens with one attached hydrogen (secondary N) is 3. The van der Waals surface area contributed by atoms with Crippen LogP contribution in [0.25, 0.3) is 0 Å². The summed E-state index contributed by atoms with van der Waals surface area (Å²) >= 11 is 0. The molecule has 5 rings (SSSR count). The molecule has 4 aliphatic rings. The first-order valence-electron chi connectivity index (χ1n) is 13.1. The fourth-order valence-electron chi connectivity index (χ4n) is 5.90. The van der Waals surface area contributed by atoms with E-state index in [4.69, 9.17) is 9.47 Å². The Labute approximate surface area is 224 Å². The van der Waals surface area contributed by atoms with Crippen LogP contribution in [0.15, 0.2) is 12.5 Å². The molecular formula is C24H35N7O8. The van der Waals surface area contributed by atoms with Crippen molar-refractivity contribution < 1.29 is 38.9 Å². The van der Waals surface area contributed by atoms with Crippen LogP contribution in [0, 0.1) is 0 Å². The number of aromatic amines is 1. The predicted molar refractivity (Wildman–Crippen MR) is 132 cm³/mol. The highest BCUT2D eigenvalue weighted by Gasteiger charge is 2.46. The summed E-state index contributed by atoms with van der Waals surface area (Å²) in [6.07, 6.45) is -1.15. The molecule has 1 aromatic heterocycles. The fourth-order valence-corrected chi connectivity index (χ4v) is 5.90. The minimum Gasteiger partial charge on any atom is -0.388 e. The molecule has 0 spiro atoms. The minimum absolute atomic E-state index is 0.0229. The number of fused-ring (bicyclic) bond motifs is 6. The van der Waals surface area contributed by atoms with Crippen LogP contribution >= 0.6 is 0 Å². The van der Waals surface area contributed by atoms with E-state index in [1.54, 1.807) is 17.4 Å². The highest BCUT2D eigenvalue weighted by atomic mass is 16.5. The van der Waals surface area contributed by atoms with E-state index in [1.165, 1.54) is 12.0 Å². The van der Waals surface area contributed by atoms with Crippen molar-refractivity contribution in [3.63, 3.8) is 0 Å². The zero-order valence-corrected chi connectivity index (χ0v) is 21.7. The Morgan fingerprint density at radius 1 is 1.15 bits per heavy atom. The summed E-state index contributed by atoms with van der Waals surface area (Å²) in [6.45, 7) is 0.802. The number of nitrogens with zero attached hydrogens (tertiary/aromatic N) is 4. The predicted octanol–water partition coefficient (Wildman–Crippen LogP) is -3.84. The van der Waals surface area contributed by atoms with Gasteiger partial charge in [0.1, 0.15) is 31.0 Å². The van der Waals surface area contributed by atoms with E-state index in [0.717, 1.165) is 5.69 Å². The largest absolute Gasteiger partial charge is 0.388 e. The van der Waals surface area contributed by atoms with Gasteiger partial charge >= 0.3 is 0 Å². The lowest BCUT2D eigenvalue weighted by atomic mass is 10.0. The number of hydrogen-bond acceptors (Lipinski definition) is 10. The van der Waals surface area contributed by atoms with E-state index in [0.29, 0.717) is 19.5 Å². The van der Waals surface area contributed by atoms with E-state index in [9.17, 15) is 29.4 Å². The van der Waals surface area contributed by atoms with E-state index in [1.807, 2.05) is 4.90 Å². The summed E-state index contributed by atoms with van der Waals surface area (Å²) in [5.41, 5.74) is 0.806. The maximum Gasteiger partial charge on any atom is 0.249 e. The third-order valence-electron chi connectivity index (χ3n) is 7.89. The number of aromatic nitrogens is 2. The molecule has 5 N–H and O–H groups in total. The Bertz CT molecular complexity index is 1070. The number of amides is 4. The fraction of sp³-hybridized carbons (Fsp3) is 0.708. The number of aliphatic hydroxyl groups is 2. The number of carbonyl (C=O) groups excluding carboxylic acids is 4. The molecule has 15 heteroatoms. The second-order valence-electron chi connectivity index (χ2n) is 10.5. The third-order valence-corrected chi connectivity index (χ3v) is 7.89. The Kier molecular flexibility index (Phi) is 8.13. The highest BCUT2D eigenvalue weighted by Crippen LogP contribution is 2.26. The van der Waals surface area contributed by atoms with Crippen molar-refractivity contribution in [3.8, 4) is 0 Å². The first-order chi connectivity index (χ1) is 18.7. The summed E-state index contributed by atoms with van der Waals surface area (Å²) in [4.78, 5) is 64.8. The van der Waals surface area contributed by atoms with E-state index < -0.39 is 42.4 Å². The Morgan fingerprint density at radius 2 is 1.95 bits per heavy atom. The van der Waals surface area contributed by atoms with Gasteiger partial charge in [0.2, 0.25) is 23.6 Å². The Balaban J connectivity index is 1.42. The van der Waals surface area contributed by atoms with Crippen LogP contribution in [0.2, 0.25) is 0 Å². The van der Waals surface area contributed by atoms with Gasteiger partial charge in [-0.1, -0.05) is 0 Å². The van der Waals surface area contributed by atoms with E-state index >= 15 is 0 Å². The van der Waals surface area contributed by atoms with Crippen molar-refractivity contribution in [2.75, 3.05) is 46.4 Å². The zero-order valence-electron chi connectivity index (χ0n) is 21.7. The van der Waals surface area contributed by atoms with Crippen molar-refractivity contribution >= 4 is 23.6 Å². The summed E-state index contributed by atoms with van der Waals surface area (Å²) in [7, 11) is 1.39. The first kappa shape index (κ1) is 27.5. The van der Waals surface area contributed by atoms with Crippen LogP contribution in [0.4, 0.5) is 0 Å². The van der Waals surface area contributed by atoms with Crippen LogP contribution in [0.3, 0.4) is 0 Å². The number of likely N-dealkylation sites (tertiary alicyclic amines) is 1. The maximum absolute atomic E-state index is 13.8. The lowest BCUT2D eigenvalue weighted by Crippen LogP contribution is -2.64. The van der Waals surface area contributed by atoms with Crippen molar-refractivity contribution in [1.82, 2.24) is 35.3 Å². The van der Waals surface area contributed by atoms with Crippen LogP contribution < -0.4 is 10.6 Å². The number of methoxy groups -OCH3 is 1. The van der Waals surface area contributed by atoms with Crippen molar-refractivity contribution in [1.29, 1.82) is 0 Å². The molecule has 4 amide bonds. The average Bonchev–Trinajstić information content (AvgIpc) is 3.63. The van der Waals surface area contributed by atoms with Crippen molar-refractivity contribution in [2.24, 2.45) is 0 Å². The summed E-state index contributed by atoms with van der Waals surface area (Å²) in [5.74, 6) is -1.46. The second-order valence-corrected chi connectivity index (χ2v) is 10.5. The zero-order chi connectivity index (χ0) is 27.7. The third kappa shape index (κ3) is 5.77. The van der Waals surface area contributed by atoms with Gasteiger partial charge < -0.3 is 45.1 Å². The second kappa shape index (κ2) is 11.6. The summed E-state index contributed by atoms with van der Waals surface area (Å²) in [5, 5.41) is 26.6. The lowest BCUT2D eigenvalue weighted by molar-refractivity contribution is -0.152. The molecule has 4 aliphatic heterocycles. The number of hydrogen-bond donors (Lipinski definition) is 5.